The molecule has 3 aromatic rings. The zero-order valence-corrected chi connectivity index (χ0v) is 18.7. The van der Waals surface area contributed by atoms with Crippen LogP contribution in [-0.4, -0.2) is 66.3 Å². The Morgan fingerprint density at radius 2 is 1.97 bits per heavy atom. The number of sulfonamides is 1. The molecule has 4 rings (SSSR count). The predicted molar refractivity (Wildman–Crippen MR) is 117 cm³/mol. The molecule has 1 amide bonds. The van der Waals surface area contributed by atoms with Crippen molar-refractivity contribution in [1.82, 2.24) is 13.1 Å². The second-order valence-corrected chi connectivity index (χ2v) is 9.49. The average Bonchev–Trinajstić information content (AvgIpc) is 3.28. The molecule has 0 atom stereocenters. The van der Waals surface area contributed by atoms with Gasteiger partial charge in [-0.2, -0.15) is 13.1 Å². The van der Waals surface area contributed by atoms with Gasteiger partial charge in [-0.25, -0.2) is 13.2 Å². The van der Waals surface area contributed by atoms with Crippen molar-refractivity contribution >= 4 is 50.3 Å². The summed E-state index contributed by atoms with van der Waals surface area (Å²) >= 11 is 1.03. The van der Waals surface area contributed by atoms with E-state index in [1.807, 2.05) is 0 Å². The van der Waals surface area contributed by atoms with Crippen LogP contribution in [0.2, 0.25) is 0 Å². The highest BCUT2D eigenvalue weighted by molar-refractivity contribution is 7.89. The number of benzene rings is 2. The van der Waals surface area contributed by atoms with E-state index in [4.69, 9.17) is 9.47 Å². The quantitative estimate of drug-likeness (QED) is 0.534. The number of nitrogens with one attached hydrogen (secondary N) is 1. The molecule has 1 fully saturated rings. The Labute approximate surface area is 188 Å². The van der Waals surface area contributed by atoms with Gasteiger partial charge < -0.3 is 14.8 Å². The van der Waals surface area contributed by atoms with E-state index in [0.29, 0.717) is 35.5 Å². The van der Waals surface area contributed by atoms with E-state index < -0.39 is 28.5 Å². The average molecular weight is 477 g/mol. The molecule has 168 valence electrons. The molecular formula is C20H20N4O6S2. The van der Waals surface area contributed by atoms with Gasteiger partial charge in [-0.05, 0) is 36.8 Å². The summed E-state index contributed by atoms with van der Waals surface area (Å²) in [5.41, 5.74) is 2.22. The number of rotatable bonds is 6. The minimum Gasteiger partial charge on any atom is -0.452 e. The Morgan fingerprint density at radius 1 is 1.19 bits per heavy atom. The van der Waals surface area contributed by atoms with Crippen LogP contribution in [0.4, 0.5) is 5.69 Å². The molecule has 0 saturated carbocycles. The van der Waals surface area contributed by atoms with E-state index in [0.717, 1.165) is 11.7 Å². The minimum absolute atomic E-state index is 0.0287. The maximum Gasteiger partial charge on any atom is 0.338 e. The Bertz CT molecular complexity index is 1270. The summed E-state index contributed by atoms with van der Waals surface area (Å²) in [6.07, 6.45) is 0. The van der Waals surface area contributed by atoms with Crippen molar-refractivity contribution in [2.24, 2.45) is 0 Å². The lowest BCUT2D eigenvalue weighted by Gasteiger charge is -2.26. The van der Waals surface area contributed by atoms with E-state index in [1.54, 1.807) is 31.2 Å². The molecule has 0 unspecified atom stereocenters. The Morgan fingerprint density at radius 3 is 2.75 bits per heavy atom. The van der Waals surface area contributed by atoms with Gasteiger partial charge in [0.05, 0.1) is 41.1 Å². The van der Waals surface area contributed by atoms with Crippen molar-refractivity contribution in [1.29, 1.82) is 0 Å². The molecule has 10 nitrogen and oxygen atoms in total. The highest BCUT2D eigenvalue weighted by atomic mass is 32.2. The highest BCUT2D eigenvalue weighted by Crippen LogP contribution is 2.23. The third-order valence-corrected chi connectivity index (χ3v) is 7.49. The first kappa shape index (κ1) is 22.3. The van der Waals surface area contributed by atoms with Gasteiger partial charge in [-0.15, -0.1) is 0 Å². The van der Waals surface area contributed by atoms with Crippen molar-refractivity contribution in [3.8, 4) is 0 Å². The summed E-state index contributed by atoms with van der Waals surface area (Å²) in [6.45, 7) is 2.26. The SMILES string of the molecule is Cc1ccc(C(=O)OCC(=O)Nc2cccc3nsnc23)cc1S(=O)(=O)N1CCOCC1. The van der Waals surface area contributed by atoms with Crippen LogP contribution in [0, 0.1) is 6.92 Å². The summed E-state index contributed by atoms with van der Waals surface area (Å²) in [4.78, 5) is 24.8. The number of fused-ring (bicyclic) bond motifs is 1. The van der Waals surface area contributed by atoms with E-state index >= 15 is 0 Å². The van der Waals surface area contributed by atoms with Gasteiger partial charge in [0, 0.05) is 13.1 Å². The zero-order valence-electron chi connectivity index (χ0n) is 17.1. The van der Waals surface area contributed by atoms with Crippen LogP contribution in [0.3, 0.4) is 0 Å². The largest absolute Gasteiger partial charge is 0.452 e. The molecule has 0 bridgehead atoms. The second-order valence-electron chi connectivity index (χ2n) is 7.06. The number of esters is 1. The lowest BCUT2D eigenvalue weighted by molar-refractivity contribution is -0.119. The molecule has 32 heavy (non-hydrogen) atoms. The number of carbonyl (C=O) groups excluding carboxylic acids is 2. The van der Waals surface area contributed by atoms with Crippen LogP contribution < -0.4 is 5.32 Å². The molecule has 1 aliphatic rings. The summed E-state index contributed by atoms with van der Waals surface area (Å²) in [5.74, 6) is -1.35. The number of hydrogen-bond acceptors (Lipinski definition) is 9. The first-order valence-electron chi connectivity index (χ1n) is 9.73. The van der Waals surface area contributed by atoms with Crippen LogP contribution in [0.5, 0.6) is 0 Å². The third kappa shape index (κ3) is 4.63. The molecule has 2 heterocycles. The molecule has 0 radical (unpaired) electrons. The van der Waals surface area contributed by atoms with Crippen LogP contribution in [-0.2, 0) is 24.3 Å². The van der Waals surface area contributed by atoms with Crippen molar-refractivity contribution in [2.45, 2.75) is 11.8 Å². The molecule has 1 aromatic heterocycles. The minimum atomic E-state index is -3.78. The maximum atomic E-state index is 13.0. The van der Waals surface area contributed by atoms with Gasteiger partial charge in [-0.3, -0.25) is 4.79 Å². The van der Waals surface area contributed by atoms with Gasteiger partial charge in [0.25, 0.3) is 5.91 Å². The number of ether oxygens (including phenoxy) is 2. The standard InChI is InChI=1S/C20H20N4O6S2/c1-13-5-6-14(11-17(13)32(27,28)24-7-9-29-10-8-24)20(26)30-12-18(25)21-15-3-2-4-16-19(15)23-31-22-16/h2-6,11H,7-10,12H2,1H3,(H,21,25). The van der Waals surface area contributed by atoms with Crippen LogP contribution in [0.15, 0.2) is 41.3 Å². The van der Waals surface area contributed by atoms with E-state index in [2.05, 4.69) is 14.1 Å². The number of anilines is 1. The number of hydrogen-bond donors (Lipinski definition) is 1. The molecule has 0 spiro atoms. The Balaban J connectivity index is 1.44. The van der Waals surface area contributed by atoms with Gasteiger partial charge in [0.1, 0.15) is 11.0 Å². The number of aryl methyl sites for hydroxylation is 1. The number of morpholine rings is 1. The van der Waals surface area contributed by atoms with Gasteiger partial charge >= 0.3 is 5.97 Å². The first-order valence-corrected chi connectivity index (χ1v) is 11.9. The summed E-state index contributed by atoms with van der Waals surface area (Å²) in [5, 5.41) is 2.64. The molecule has 12 heteroatoms. The summed E-state index contributed by atoms with van der Waals surface area (Å²) in [6, 6.07) is 9.46. The molecule has 1 aliphatic heterocycles. The predicted octanol–water partition coefficient (Wildman–Crippen LogP) is 1.82. The third-order valence-electron chi connectivity index (χ3n) is 4.91. The van der Waals surface area contributed by atoms with Crippen LogP contribution in [0.1, 0.15) is 15.9 Å². The summed E-state index contributed by atoms with van der Waals surface area (Å²) < 4.78 is 45.8. The fourth-order valence-electron chi connectivity index (χ4n) is 3.24. The Hall–Kier alpha value is -2.93. The van der Waals surface area contributed by atoms with Gasteiger partial charge in [0.2, 0.25) is 10.0 Å². The number of carbonyl (C=O) groups is 2. The normalized spacial score (nSPS) is 14.9. The van der Waals surface area contributed by atoms with Crippen LogP contribution in [0.25, 0.3) is 11.0 Å². The molecule has 1 saturated heterocycles. The first-order chi connectivity index (χ1) is 15.4. The zero-order chi connectivity index (χ0) is 22.7. The smallest absolute Gasteiger partial charge is 0.338 e. The van der Waals surface area contributed by atoms with Crippen molar-refractivity contribution in [2.75, 3.05) is 38.2 Å². The topological polar surface area (TPSA) is 128 Å². The number of aromatic nitrogens is 2. The molecule has 2 aromatic carbocycles. The van der Waals surface area contributed by atoms with E-state index in [9.17, 15) is 18.0 Å². The second kappa shape index (κ2) is 9.28. The van der Waals surface area contributed by atoms with E-state index in [-0.39, 0.29) is 23.5 Å². The van der Waals surface area contributed by atoms with Gasteiger partial charge in [0.15, 0.2) is 6.61 Å². The molecule has 1 N–H and O–H groups in total. The van der Waals surface area contributed by atoms with Crippen molar-refractivity contribution in [3.05, 3.63) is 47.5 Å². The lowest BCUT2D eigenvalue weighted by atomic mass is 10.1. The fourth-order valence-corrected chi connectivity index (χ4v) is 5.45. The molecular weight excluding hydrogens is 456 g/mol. The monoisotopic (exact) mass is 476 g/mol. The van der Waals surface area contributed by atoms with Crippen molar-refractivity contribution in [3.63, 3.8) is 0 Å². The lowest BCUT2D eigenvalue weighted by Crippen LogP contribution is -2.40. The highest BCUT2D eigenvalue weighted by Gasteiger charge is 2.28. The number of nitrogens with zero attached hydrogens (tertiary/aromatic N) is 3. The summed E-state index contributed by atoms with van der Waals surface area (Å²) in [7, 11) is -3.78. The Kier molecular flexibility index (Phi) is 6.46. The van der Waals surface area contributed by atoms with Crippen molar-refractivity contribution < 1.29 is 27.5 Å². The molecule has 0 aliphatic carbocycles. The van der Waals surface area contributed by atoms with Crippen LogP contribution >= 0.6 is 11.7 Å². The van der Waals surface area contributed by atoms with Gasteiger partial charge in [-0.1, -0.05) is 12.1 Å². The fraction of sp³-hybridized carbons (Fsp3) is 0.300. The van der Waals surface area contributed by atoms with E-state index in [1.165, 1.54) is 16.4 Å². The number of amides is 1. The maximum absolute atomic E-state index is 13.0.